The molecule has 0 spiro atoms. The lowest BCUT2D eigenvalue weighted by molar-refractivity contribution is 0.177. The molecule has 1 heterocycles. The zero-order chi connectivity index (χ0) is 22.8. The van der Waals surface area contributed by atoms with Crippen molar-refractivity contribution >= 4 is 16.0 Å². The molecule has 0 bridgehead atoms. The van der Waals surface area contributed by atoms with Crippen LogP contribution in [0.3, 0.4) is 0 Å². The Balaban J connectivity index is 2.02. The number of rotatable bonds is 6. The highest BCUT2D eigenvalue weighted by Gasteiger charge is 2.30. The predicted octanol–water partition coefficient (Wildman–Crippen LogP) is 3.22. The number of hydrogen-bond donors (Lipinski definition) is 3. The molecule has 0 aliphatic rings. The molecule has 1 aromatic heterocycles. The van der Waals surface area contributed by atoms with Gasteiger partial charge in [0.2, 0.25) is 16.0 Å². The molecule has 164 valence electrons. The van der Waals surface area contributed by atoms with Crippen molar-refractivity contribution in [3.63, 3.8) is 0 Å². The fourth-order valence-corrected chi connectivity index (χ4v) is 4.73. The third-order valence-electron chi connectivity index (χ3n) is 4.96. The summed E-state index contributed by atoms with van der Waals surface area (Å²) in [6.07, 6.45) is 2.84. The SMILES string of the molecule is CC(C)(C)[C@H](CO)NS(=O)(=O)c1ccccc1-c1ccc(-c2cnc(N)nc2)c(F)c1. The molecule has 2 aromatic carbocycles. The Hall–Kier alpha value is -2.88. The molecular formula is C22H25FN4O3S. The van der Waals surface area contributed by atoms with Gasteiger partial charge in [-0.05, 0) is 23.1 Å². The van der Waals surface area contributed by atoms with Crippen molar-refractivity contribution in [3.8, 4) is 22.3 Å². The average Bonchev–Trinajstić information content (AvgIpc) is 2.72. The molecule has 9 heteroatoms. The maximum atomic E-state index is 14.9. The molecule has 0 unspecified atom stereocenters. The number of aliphatic hydroxyl groups is 1. The van der Waals surface area contributed by atoms with Gasteiger partial charge in [-0.15, -0.1) is 0 Å². The molecule has 0 saturated heterocycles. The van der Waals surface area contributed by atoms with Crippen molar-refractivity contribution in [2.75, 3.05) is 12.3 Å². The van der Waals surface area contributed by atoms with Crippen LogP contribution in [0.25, 0.3) is 22.3 Å². The van der Waals surface area contributed by atoms with Crippen molar-refractivity contribution in [1.82, 2.24) is 14.7 Å². The van der Waals surface area contributed by atoms with E-state index >= 15 is 0 Å². The second-order valence-electron chi connectivity index (χ2n) is 8.24. The van der Waals surface area contributed by atoms with E-state index in [9.17, 15) is 17.9 Å². The van der Waals surface area contributed by atoms with E-state index in [1.165, 1.54) is 24.5 Å². The summed E-state index contributed by atoms with van der Waals surface area (Å²) >= 11 is 0. The molecule has 0 radical (unpaired) electrons. The van der Waals surface area contributed by atoms with Gasteiger partial charge in [-0.2, -0.15) is 0 Å². The highest BCUT2D eigenvalue weighted by molar-refractivity contribution is 7.89. The third-order valence-corrected chi connectivity index (χ3v) is 6.49. The molecule has 1 atom stereocenters. The maximum Gasteiger partial charge on any atom is 0.241 e. The summed E-state index contributed by atoms with van der Waals surface area (Å²) in [7, 11) is -3.98. The van der Waals surface area contributed by atoms with Crippen LogP contribution in [0.4, 0.5) is 10.3 Å². The monoisotopic (exact) mass is 444 g/mol. The van der Waals surface area contributed by atoms with Crippen LogP contribution < -0.4 is 10.5 Å². The molecule has 0 fully saturated rings. The smallest absolute Gasteiger partial charge is 0.241 e. The van der Waals surface area contributed by atoms with Crippen LogP contribution >= 0.6 is 0 Å². The molecule has 31 heavy (non-hydrogen) atoms. The number of nitrogens with zero attached hydrogens (tertiary/aromatic N) is 2. The van der Waals surface area contributed by atoms with E-state index < -0.39 is 27.3 Å². The minimum Gasteiger partial charge on any atom is -0.395 e. The summed E-state index contributed by atoms with van der Waals surface area (Å²) in [6.45, 7) is 5.14. The average molecular weight is 445 g/mol. The van der Waals surface area contributed by atoms with Crippen LogP contribution in [-0.4, -0.2) is 36.1 Å². The standard InChI is InChI=1S/C22H25FN4O3S/c1-22(2,3)20(13-28)27-31(29,30)19-7-5-4-6-17(19)14-8-9-16(18(23)10-14)15-11-25-21(24)26-12-15/h4-12,20,27-28H,13H2,1-3H3,(H2,24,25,26)/t20-/m0/s1. The van der Waals surface area contributed by atoms with E-state index in [2.05, 4.69) is 14.7 Å². The Morgan fingerprint density at radius 1 is 1.06 bits per heavy atom. The third kappa shape index (κ3) is 5.07. The number of aromatic nitrogens is 2. The minimum atomic E-state index is -3.98. The molecule has 0 saturated carbocycles. The molecule has 7 nitrogen and oxygen atoms in total. The molecule has 0 amide bonds. The quantitative estimate of drug-likeness (QED) is 0.537. The topological polar surface area (TPSA) is 118 Å². The van der Waals surface area contributed by atoms with Crippen molar-refractivity contribution in [2.24, 2.45) is 5.41 Å². The van der Waals surface area contributed by atoms with Crippen LogP contribution in [0.5, 0.6) is 0 Å². The van der Waals surface area contributed by atoms with Crippen LogP contribution in [0, 0.1) is 11.2 Å². The number of nitrogen functional groups attached to an aromatic ring is 1. The van der Waals surface area contributed by atoms with Gasteiger partial charge in [0.1, 0.15) is 5.82 Å². The summed E-state index contributed by atoms with van der Waals surface area (Å²) in [6, 6.07) is 10.1. The van der Waals surface area contributed by atoms with Crippen molar-refractivity contribution in [1.29, 1.82) is 0 Å². The normalized spacial score (nSPS) is 13.2. The Bertz CT molecular complexity index is 1180. The summed E-state index contributed by atoms with van der Waals surface area (Å²) in [5.74, 6) is -0.460. The Labute approximate surface area is 181 Å². The van der Waals surface area contributed by atoms with Crippen LogP contribution in [0.15, 0.2) is 59.8 Å². The van der Waals surface area contributed by atoms with Gasteiger partial charge in [-0.25, -0.2) is 27.5 Å². The summed E-state index contributed by atoms with van der Waals surface area (Å²) in [4.78, 5) is 7.74. The summed E-state index contributed by atoms with van der Waals surface area (Å²) < 4.78 is 43.7. The van der Waals surface area contributed by atoms with E-state index in [1.54, 1.807) is 30.3 Å². The van der Waals surface area contributed by atoms with Crippen LogP contribution in [-0.2, 0) is 10.0 Å². The number of aliphatic hydroxyl groups excluding tert-OH is 1. The highest BCUT2D eigenvalue weighted by atomic mass is 32.2. The van der Waals surface area contributed by atoms with Gasteiger partial charge in [-0.3, -0.25) is 0 Å². The predicted molar refractivity (Wildman–Crippen MR) is 118 cm³/mol. The number of anilines is 1. The van der Waals surface area contributed by atoms with Gasteiger partial charge < -0.3 is 10.8 Å². The molecule has 4 N–H and O–H groups in total. The lowest BCUT2D eigenvalue weighted by Gasteiger charge is -2.29. The summed E-state index contributed by atoms with van der Waals surface area (Å²) in [5.41, 5.74) is 6.46. The number of sulfonamides is 1. The number of benzene rings is 2. The van der Waals surface area contributed by atoms with E-state index in [4.69, 9.17) is 5.73 Å². The van der Waals surface area contributed by atoms with E-state index in [0.717, 1.165) is 0 Å². The Morgan fingerprint density at radius 2 is 1.71 bits per heavy atom. The zero-order valence-corrected chi connectivity index (χ0v) is 18.3. The van der Waals surface area contributed by atoms with Crippen molar-refractivity contribution < 1.29 is 17.9 Å². The lowest BCUT2D eigenvalue weighted by atomic mass is 9.88. The number of hydrogen-bond acceptors (Lipinski definition) is 6. The van der Waals surface area contributed by atoms with Gasteiger partial charge >= 0.3 is 0 Å². The first kappa shape index (κ1) is 22.8. The number of nitrogens with two attached hydrogens (primary N) is 1. The number of halogens is 1. The molecular weight excluding hydrogens is 419 g/mol. The first-order valence-electron chi connectivity index (χ1n) is 9.63. The number of nitrogens with one attached hydrogen (secondary N) is 1. The first-order chi connectivity index (χ1) is 14.5. The molecule has 3 rings (SSSR count). The van der Waals surface area contributed by atoms with Gasteiger partial charge in [0.25, 0.3) is 0 Å². The summed E-state index contributed by atoms with van der Waals surface area (Å²) in [5, 5.41) is 9.66. The highest BCUT2D eigenvalue weighted by Crippen LogP contribution is 2.32. The van der Waals surface area contributed by atoms with Crippen LogP contribution in [0.2, 0.25) is 0 Å². The first-order valence-corrected chi connectivity index (χ1v) is 11.1. The maximum absolute atomic E-state index is 14.9. The second kappa shape index (κ2) is 8.70. The fourth-order valence-electron chi connectivity index (χ4n) is 3.07. The van der Waals surface area contributed by atoms with Crippen molar-refractivity contribution in [3.05, 3.63) is 60.7 Å². The van der Waals surface area contributed by atoms with Gasteiger partial charge in [-0.1, -0.05) is 51.1 Å². The molecule has 3 aromatic rings. The largest absolute Gasteiger partial charge is 0.395 e. The molecule has 0 aliphatic carbocycles. The zero-order valence-electron chi connectivity index (χ0n) is 17.5. The van der Waals surface area contributed by atoms with E-state index in [0.29, 0.717) is 16.7 Å². The van der Waals surface area contributed by atoms with E-state index in [-0.39, 0.29) is 23.0 Å². The minimum absolute atomic E-state index is 0.000619. The van der Waals surface area contributed by atoms with Crippen molar-refractivity contribution in [2.45, 2.75) is 31.7 Å². The molecule has 0 aliphatic heterocycles. The Morgan fingerprint density at radius 3 is 2.29 bits per heavy atom. The van der Waals surface area contributed by atoms with Gasteiger partial charge in [0.15, 0.2) is 0 Å². The van der Waals surface area contributed by atoms with Gasteiger partial charge in [0, 0.05) is 35.1 Å². The second-order valence-corrected chi connectivity index (χ2v) is 9.93. The lowest BCUT2D eigenvalue weighted by Crippen LogP contribution is -2.46. The van der Waals surface area contributed by atoms with Gasteiger partial charge in [0.05, 0.1) is 11.5 Å². The Kier molecular flexibility index (Phi) is 6.40. The van der Waals surface area contributed by atoms with Crippen LogP contribution in [0.1, 0.15) is 20.8 Å². The van der Waals surface area contributed by atoms with E-state index in [1.807, 2.05) is 20.8 Å². The fraction of sp³-hybridized carbons (Fsp3) is 0.273.